The first-order valence-corrected chi connectivity index (χ1v) is 8.02. The van der Waals surface area contributed by atoms with Crippen molar-refractivity contribution in [2.45, 2.75) is 6.92 Å². The van der Waals surface area contributed by atoms with Crippen molar-refractivity contribution in [2.75, 3.05) is 12.4 Å². The third-order valence-corrected chi connectivity index (χ3v) is 4.15. The zero-order valence-corrected chi connectivity index (χ0v) is 14.5. The topological polar surface area (TPSA) is 38.3 Å². The molecule has 0 spiro atoms. The van der Waals surface area contributed by atoms with Crippen molar-refractivity contribution in [2.24, 2.45) is 0 Å². The molecule has 1 N–H and O–H groups in total. The van der Waals surface area contributed by atoms with Gasteiger partial charge in [0.15, 0.2) is 0 Å². The molecule has 0 bridgehead atoms. The molecule has 1 amide bonds. The van der Waals surface area contributed by atoms with Crippen LogP contribution in [-0.2, 0) is 0 Å². The molecular formula is C19H16BrNO2. The molecule has 0 saturated carbocycles. The third kappa shape index (κ3) is 3.22. The van der Waals surface area contributed by atoms with Crippen molar-refractivity contribution in [1.29, 1.82) is 0 Å². The van der Waals surface area contributed by atoms with E-state index in [0.29, 0.717) is 11.3 Å². The minimum absolute atomic E-state index is 0.193. The molecule has 0 aliphatic heterocycles. The summed E-state index contributed by atoms with van der Waals surface area (Å²) in [6.07, 6.45) is 0. The van der Waals surface area contributed by atoms with Crippen LogP contribution in [0.15, 0.2) is 59.1 Å². The highest BCUT2D eigenvalue weighted by atomic mass is 79.9. The van der Waals surface area contributed by atoms with Gasteiger partial charge in [-0.25, -0.2) is 0 Å². The van der Waals surface area contributed by atoms with Crippen LogP contribution < -0.4 is 10.1 Å². The molecule has 0 aliphatic carbocycles. The molecule has 4 heteroatoms. The average molecular weight is 370 g/mol. The van der Waals surface area contributed by atoms with Gasteiger partial charge in [-0.15, -0.1) is 0 Å². The van der Waals surface area contributed by atoms with E-state index < -0.39 is 0 Å². The summed E-state index contributed by atoms with van der Waals surface area (Å²) in [7, 11) is 1.57. The number of halogens is 1. The number of nitrogens with one attached hydrogen (secondary N) is 1. The van der Waals surface area contributed by atoms with Crippen LogP contribution in [0.5, 0.6) is 5.75 Å². The van der Waals surface area contributed by atoms with Gasteiger partial charge in [0.05, 0.1) is 12.7 Å². The molecule has 0 aliphatic rings. The number of amides is 1. The van der Waals surface area contributed by atoms with Gasteiger partial charge in [0.1, 0.15) is 5.75 Å². The highest BCUT2D eigenvalue weighted by Crippen LogP contribution is 2.29. The first-order chi connectivity index (χ1) is 11.1. The van der Waals surface area contributed by atoms with E-state index in [2.05, 4.69) is 21.2 Å². The summed E-state index contributed by atoms with van der Waals surface area (Å²) in [6.45, 7) is 1.91. The number of carbonyl (C=O) groups excluding carboxylic acids is 1. The van der Waals surface area contributed by atoms with Crippen LogP contribution in [0.3, 0.4) is 0 Å². The Labute approximate surface area is 143 Å². The number of benzene rings is 3. The van der Waals surface area contributed by atoms with Crippen LogP contribution in [0.1, 0.15) is 15.9 Å². The predicted octanol–water partition coefficient (Wildman–Crippen LogP) is 5.17. The maximum Gasteiger partial charge on any atom is 0.259 e. The molecule has 3 aromatic rings. The lowest BCUT2D eigenvalue weighted by atomic mass is 10.1. The zero-order valence-electron chi connectivity index (χ0n) is 12.9. The molecule has 0 unspecified atom stereocenters. The molecule has 0 radical (unpaired) electrons. The number of carbonyl (C=O) groups is 1. The second kappa shape index (κ2) is 6.42. The number of hydrogen-bond donors (Lipinski definition) is 1. The van der Waals surface area contributed by atoms with Crippen LogP contribution in [0.25, 0.3) is 10.8 Å². The average Bonchev–Trinajstić information content (AvgIpc) is 2.54. The molecule has 0 saturated heterocycles. The second-order valence-corrected chi connectivity index (χ2v) is 6.24. The van der Waals surface area contributed by atoms with E-state index in [0.717, 1.165) is 26.5 Å². The molecule has 0 heterocycles. The first kappa shape index (κ1) is 15.6. The smallest absolute Gasteiger partial charge is 0.259 e. The standard InChI is InChI=1S/C19H16BrNO2/c1-12-9-15(20)11-17(18(12)23-2)19(22)21-16-8-7-13-5-3-4-6-14(13)10-16/h3-11H,1-2H3,(H,21,22). The van der Waals surface area contributed by atoms with Gasteiger partial charge in [0.25, 0.3) is 5.91 Å². The Hall–Kier alpha value is -2.33. The van der Waals surface area contributed by atoms with Crippen molar-refractivity contribution >= 4 is 38.3 Å². The number of hydrogen-bond acceptors (Lipinski definition) is 2. The molecule has 0 aromatic heterocycles. The lowest BCUT2D eigenvalue weighted by Crippen LogP contribution is -2.13. The summed E-state index contributed by atoms with van der Waals surface area (Å²) < 4.78 is 6.23. The number of fused-ring (bicyclic) bond motifs is 1. The third-order valence-electron chi connectivity index (χ3n) is 3.70. The Balaban J connectivity index is 1.94. The van der Waals surface area contributed by atoms with Crippen LogP contribution in [0.2, 0.25) is 0 Å². The summed E-state index contributed by atoms with van der Waals surface area (Å²) in [5.74, 6) is 0.396. The van der Waals surface area contributed by atoms with Gasteiger partial charge in [0.2, 0.25) is 0 Å². The minimum Gasteiger partial charge on any atom is -0.496 e. The summed E-state index contributed by atoms with van der Waals surface area (Å²) in [6, 6.07) is 17.6. The fraction of sp³-hybridized carbons (Fsp3) is 0.105. The Bertz CT molecular complexity index is 890. The van der Waals surface area contributed by atoms with Crippen LogP contribution >= 0.6 is 15.9 Å². The van der Waals surface area contributed by atoms with Gasteiger partial charge in [-0.1, -0.05) is 46.3 Å². The zero-order chi connectivity index (χ0) is 16.4. The fourth-order valence-corrected chi connectivity index (χ4v) is 3.21. The van der Waals surface area contributed by atoms with Gasteiger partial charge in [0, 0.05) is 10.2 Å². The maximum absolute atomic E-state index is 12.6. The molecular weight excluding hydrogens is 354 g/mol. The summed E-state index contributed by atoms with van der Waals surface area (Å²) >= 11 is 3.43. The van der Waals surface area contributed by atoms with E-state index in [-0.39, 0.29) is 5.91 Å². The lowest BCUT2D eigenvalue weighted by Gasteiger charge is -2.13. The van der Waals surface area contributed by atoms with Crippen molar-refractivity contribution in [1.82, 2.24) is 0 Å². The van der Waals surface area contributed by atoms with Gasteiger partial charge in [-0.05, 0) is 47.5 Å². The quantitative estimate of drug-likeness (QED) is 0.691. The maximum atomic E-state index is 12.6. The molecule has 23 heavy (non-hydrogen) atoms. The van der Waals surface area contributed by atoms with E-state index in [1.54, 1.807) is 13.2 Å². The molecule has 3 aromatic carbocycles. The normalized spacial score (nSPS) is 10.6. The van der Waals surface area contributed by atoms with Crippen molar-refractivity contribution in [3.05, 3.63) is 70.2 Å². The Morgan fingerprint density at radius 2 is 1.78 bits per heavy atom. The first-order valence-electron chi connectivity index (χ1n) is 7.23. The summed E-state index contributed by atoms with van der Waals surface area (Å²) in [4.78, 5) is 12.6. The highest BCUT2D eigenvalue weighted by molar-refractivity contribution is 9.10. The van der Waals surface area contributed by atoms with Crippen LogP contribution in [0.4, 0.5) is 5.69 Å². The molecule has 3 nitrogen and oxygen atoms in total. The predicted molar refractivity (Wildman–Crippen MR) is 97.3 cm³/mol. The summed E-state index contributed by atoms with van der Waals surface area (Å²) in [5.41, 5.74) is 2.17. The minimum atomic E-state index is -0.193. The van der Waals surface area contributed by atoms with Crippen molar-refractivity contribution in [3.63, 3.8) is 0 Å². The van der Waals surface area contributed by atoms with Gasteiger partial charge >= 0.3 is 0 Å². The Morgan fingerprint density at radius 1 is 1.04 bits per heavy atom. The van der Waals surface area contributed by atoms with E-state index in [1.807, 2.05) is 55.5 Å². The van der Waals surface area contributed by atoms with Gasteiger partial charge in [-0.3, -0.25) is 4.79 Å². The molecule has 0 atom stereocenters. The lowest BCUT2D eigenvalue weighted by molar-refractivity contribution is 0.102. The Kier molecular flexibility index (Phi) is 4.35. The van der Waals surface area contributed by atoms with E-state index in [4.69, 9.17) is 4.74 Å². The highest BCUT2D eigenvalue weighted by Gasteiger charge is 2.16. The van der Waals surface area contributed by atoms with Gasteiger partial charge in [-0.2, -0.15) is 0 Å². The monoisotopic (exact) mass is 369 g/mol. The van der Waals surface area contributed by atoms with Gasteiger partial charge < -0.3 is 10.1 Å². The summed E-state index contributed by atoms with van der Waals surface area (Å²) in [5, 5.41) is 5.17. The van der Waals surface area contributed by atoms with E-state index >= 15 is 0 Å². The van der Waals surface area contributed by atoms with E-state index in [1.165, 1.54) is 0 Å². The molecule has 3 rings (SSSR count). The van der Waals surface area contributed by atoms with Crippen LogP contribution in [0, 0.1) is 6.92 Å². The number of methoxy groups -OCH3 is 1. The van der Waals surface area contributed by atoms with Crippen molar-refractivity contribution < 1.29 is 9.53 Å². The second-order valence-electron chi connectivity index (χ2n) is 5.32. The number of ether oxygens (including phenoxy) is 1. The van der Waals surface area contributed by atoms with E-state index in [9.17, 15) is 4.79 Å². The van der Waals surface area contributed by atoms with Crippen LogP contribution in [-0.4, -0.2) is 13.0 Å². The molecule has 116 valence electrons. The number of rotatable bonds is 3. The number of aryl methyl sites for hydroxylation is 1. The fourth-order valence-electron chi connectivity index (χ4n) is 2.64. The van der Waals surface area contributed by atoms with Crippen molar-refractivity contribution in [3.8, 4) is 5.75 Å². The largest absolute Gasteiger partial charge is 0.496 e. The number of anilines is 1. The molecule has 0 fully saturated rings. The Morgan fingerprint density at radius 3 is 2.52 bits per heavy atom. The SMILES string of the molecule is COc1c(C)cc(Br)cc1C(=O)Nc1ccc2ccccc2c1.